The number of nitrogens with zero attached hydrogens (tertiary/aromatic N) is 3. The second kappa shape index (κ2) is 11.5. The summed E-state index contributed by atoms with van der Waals surface area (Å²) in [6, 6.07) is 15.5. The van der Waals surface area contributed by atoms with Crippen molar-refractivity contribution in [1.82, 2.24) is 14.9 Å². The summed E-state index contributed by atoms with van der Waals surface area (Å²) in [5, 5.41) is 7.12. The van der Waals surface area contributed by atoms with Crippen molar-refractivity contribution >= 4 is 17.7 Å². The molecule has 0 spiro atoms. The summed E-state index contributed by atoms with van der Waals surface area (Å²) in [6.07, 6.45) is 0.271. The first-order valence-electron chi connectivity index (χ1n) is 11.0. The number of carboxylic acids is 1. The van der Waals surface area contributed by atoms with Gasteiger partial charge in [0.1, 0.15) is 17.3 Å². The molecule has 1 amide bonds. The van der Waals surface area contributed by atoms with Crippen LogP contribution in [0.1, 0.15) is 34.8 Å². The number of amides is 1. The molecule has 3 aromatic rings. The molecule has 1 aromatic carbocycles. The quantitative estimate of drug-likeness (QED) is 0.543. The van der Waals surface area contributed by atoms with Gasteiger partial charge >= 0.3 is 12.1 Å². The van der Waals surface area contributed by atoms with E-state index in [-0.39, 0.29) is 5.91 Å². The molecule has 1 aliphatic heterocycles. The van der Waals surface area contributed by atoms with Crippen molar-refractivity contribution in [1.29, 1.82) is 0 Å². The van der Waals surface area contributed by atoms with Gasteiger partial charge < -0.3 is 20.5 Å². The van der Waals surface area contributed by atoms with E-state index in [2.05, 4.69) is 9.97 Å². The molecule has 11 heteroatoms. The molecule has 4 rings (SSSR count). The van der Waals surface area contributed by atoms with Crippen molar-refractivity contribution in [2.24, 2.45) is 0 Å². The minimum absolute atomic E-state index is 0.0585. The predicted octanol–water partition coefficient (Wildman–Crippen LogP) is 4.39. The molecule has 0 atom stereocenters. The fourth-order valence-electron chi connectivity index (χ4n) is 3.79. The number of hydrogen-bond donors (Lipinski definition) is 2. The number of aliphatic carboxylic acids is 1. The Labute approximate surface area is 205 Å². The van der Waals surface area contributed by atoms with E-state index in [1.807, 2.05) is 53.6 Å². The third-order valence-electron chi connectivity index (χ3n) is 5.70. The van der Waals surface area contributed by atoms with Crippen molar-refractivity contribution in [2.45, 2.75) is 24.9 Å². The minimum Gasteiger partial charge on any atom is -0.496 e. The van der Waals surface area contributed by atoms with Gasteiger partial charge in [0.05, 0.1) is 7.11 Å². The Hall–Kier alpha value is -4.15. The number of nitrogen functional groups attached to an aromatic ring is 1. The summed E-state index contributed by atoms with van der Waals surface area (Å²) >= 11 is 0. The van der Waals surface area contributed by atoms with E-state index in [9.17, 15) is 18.0 Å². The van der Waals surface area contributed by atoms with Crippen LogP contribution in [0.3, 0.4) is 0 Å². The average Bonchev–Trinajstić information content (AvgIpc) is 2.89. The summed E-state index contributed by atoms with van der Waals surface area (Å²) < 4.78 is 37.3. The van der Waals surface area contributed by atoms with Crippen molar-refractivity contribution < 1.29 is 32.6 Å². The van der Waals surface area contributed by atoms with Gasteiger partial charge in [0.25, 0.3) is 5.91 Å². The Morgan fingerprint density at radius 3 is 2.22 bits per heavy atom. The Morgan fingerprint density at radius 1 is 1.06 bits per heavy atom. The van der Waals surface area contributed by atoms with Gasteiger partial charge in [-0.15, -0.1) is 0 Å². The normalized spacial score (nSPS) is 13.9. The number of benzene rings is 1. The summed E-state index contributed by atoms with van der Waals surface area (Å²) in [5.74, 6) is -1.24. The van der Waals surface area contributed by atoms with Crippen LogP contribution in [0.4, 0.5) is 19.0 Å². The highest BCUT2D eigenvalue weighted by molar-refractivity contribution is 5.93. The van der Waals surface area contributed by atoms with Crippen LogP contribution in [0, 0.1) is 0 Å². The van der Waals surface area contributed by atoms with Crippen LogP contribution in [-0.4, -0.2) is 58.2 Å². The van der Waals surface area contributed by atoms with Gasteiger partial charge in [0, 0.05) is 37.1 Å². The number of piperidine rings is 1. The zero-order valence-corrected chi connectivity index (χ0v) is 19.4. The molecule has 0 aliphatic carbocycles. The molecule has 3 N–H and O–H groups in total. The smallest absolute Gasteiger partial charge is 0.490 e. The summed E-state index contributed by atoms with van der Waals surface area (Å²) in [6.45, 7) is 1.39. The molecule has 0 unspecified atom stereocenters. The zero-order chi connectivity index (χ0) is 26.3. The summed E-state index contributed by atoms with van der Waals surface area (Å²) in [7, 11) is 1.61. The lowest BCUT2D eigenvalue weighted by Crippen LogP contribution is -2.38. The zero-order valence-electron chi connectivity index (χ0n) is 19.4. The maximum atomic E-state index is 13.0. The molecule has 3 heterocycles. The number of carbonyl (C=O) groups excluding carboxylic acids is 1. The molecule has 0 bridgehead atoms. The van der Waals surface area contributed by atoms with Crippen molar-refractivity contribution in [3.8, 4) is 16.9 Å². The number of pyridine rings is 2. The van der Waals surface area contributed by atoms with Crippen molar-refractivity contribution in [3.05, 3.63) is 72.2 Å². The third-order valence-corrected chi connectivity index (χ3v) is 5.70. The highest BCUT2D eigenvalue weighted by atomic mass is 19.4. The second-order valence-corrected chi connectivity index (χ2v) is 8.02. The molecule has 0 radical (unpaired) electrons. The third kappa shape index (κ3) is 6.71. The van der Waals surface area contributed by atoms with E-state index in [1.165, 1.54) is 5.56 Å². The molecular formula is C25H25F3N4O4. The number of carbonyl (C=O) groups is 2. The van der Waals surface area contributed by atoms with Crippen LogP contribution in [0.15, 0.2) is 60.9 Å². The van der Waals surface area contributed by atoms with E-state index in [4.69, 9.17) is 20.4 Å². The largest absolute Gasteiger partial charge is 0.496 e. The van der Waals surface area contributed by atoms with Gasteiger partial charge in [0.2, 0.25) is 0 Å². The average molecular weight is 502 g/mol. The Bertz CT molecular complexity index is 1180. The number of methoxy groups -OCH3 is 1. The molecule has 36 heavy (non-hydrogen) atoms. The number of likely N-dealkylation sites (tertiary alicyclic amines) is 1. The van der Waals surface area contributed by atoms with Gasteiger partial charge in [-0.1, -0.05) is 36.4 Å². The lowest BCUT2D eigenvalue weighted by atomic mass is 9.90. The highest BCUT2D eigenvalue weighted by Crippen LogP contribution is 2.31. The molecular weight excluding hydrogens is 477 g/mol. The van der Waals surface area contributed by atoms with E-state index < -0.39 is 12.1 Å². The molecule has 190 valence electrons. The van der Waals surface area contributed by atoms with E-state index in [0.29, 0.717) is 36.3 Å². The summed E-state index contributed by atoms with van der Waals surface area (Å²) in [4.78, 5) is 32.4. The Balaban J connectivity index is 0.000000454. The molecule has 8 nitrogen and oxygen atoms in total. The maximum Gasteiger partial charge on any atom is 0.490 e. The van der Waals surface area contributed by atoms with Crippen molar-refractivity contribution in [3.63, 3.8) is 0 Å². The molecule has 1 fully saturated rings. The number of anilines is 1. The maximum absolute atomic E-state index is 13.0. The molecule has 2 aromatic heterocycles. The van der Waals surface area contributed by atoms with E-state index in [0.717, 1.165) is 24.0 Å². The first-order valence-corrected chi connectivity index (χ1v) is 11.0. The number of rotatable bonds is 4. The molecule has 1 saturated heterocycles. The number of nitrogens with two attached hydrogens (primary N) is 1. The van der Waals surface area contributed by atoms with Crippen molar-refractivity contribution in [2.75, 3.05) is 25.9 Å². The Kier molecular flexibility index (Phi) is 8.46. The number of carboxylic acid groups (broad SMARTS) is 1. The van der Waals surface area contributed by atoms with Gasteiger partial charge in [0.15, 0.2) is 0 Å². The second-order valence-electron chi connectivity index (χ2n) is 8.02. The molecule has 0 saturated carbocycles. The van der Waals surface area contributed by atoms with Gasteiger partial charge in [-0.25, -0.2) is 9.78 Å². The number of aromatic nitrogens is 2. The van der Waals surface area contributed by atoms with Gasteiger partial charge in [-0.05, 0) is 36.0 Å². The number of alkyl halides is 3. The fraction of sp³-hybridized carbons (Fsp3) is 0.280. The van der Waals surface area contributed by atoms with Gasteiger partial charge in [-0.2, -0.15) is 13.2 Å². The fourth-order valence-corrected chi connectivity index (χ4v) is 3.79. The topological polar surface area (TPSA) is 119 Å². The summed E-state index contributed by atoms with van der Waals surface area (Å²) in [5.41, 5.74) is 9.15. The van der Waals surface area contributed by atoms with Crippen LogP contribution in [-0.2, 0) is 4.79 Å². The van der Waals surface area contributed by atoms with E-state index in [1.54, 1.807) is 19.4 Å². The lowest BCUT2D eigenvalue weighted by Gasteiger charge is -2.32. The lowest BCUT2D eigenvalue weighted by molar-refractivity contribution is -0.192. The standard InChI is InChI=1S/C23H24N4O2.C2HF3O2/c1-29-21-13-20(25-15-19(21)17-5-3-2-4-6-17)23(28)27-11-9-16(10-12-27)18-7-8-22(24)26-14-18;3-2(4,5)1(6)7/h2-8,13-16H,9-12H2,1H3,(H2,24,26);(H,6,7). The monoisotopic (exact) mass is 502 g/mol. The van der Waals surface area contributed by atoms with Crippen LogP contribution in [0.5, 0.6) is 5.75 Å². The van der Waals surface area contributed by atoms with Crippen LogP contribution in [0.25, 0.3) is 11.1 Å². The molecule has 1 aliphatic rings. The first-order chi connectivity index (χ1) is 17.1. The Morgan fingerprint density at radius 2 is 1.69 bits per heavy atom. The van der Waals surface area contributed by atoms with Crippen LogP contribution < -0.4 is 10.5 Å². The van der Waals surface area contributed by atoms with Crippen LogP contribution in [0.2, 0.25) is 0 Å². The SMILES string of the molecule is COc1cc(C(=O)N2CCC(c3ccc(N)nc3)CC2)ncc1-c1ccccc1.O=C(O)C(F)(F)F. The minimum atomic E-state index is -5.08. The first kappa shape index (κ1) is 26.5. The van der Waals surface area contributed by atoms with Gasteiger partial charge in [-0.3, -0.25) is 9.78 Å². The van der Waals surface area contributed by atoms with E-state index >= 15 is 0 Å². The highest BCUT2D eigenvalue weighted by Gasteiger charge is 2.38. The number of hydrogen-bond acceptors (Lipinski definition) is 6. The van der Waals surface area contributed by atoms with Crippen LogP contribution >= 0.6 is 0 Å². The number of halogens is 3. The number of ether oxygens (including phenoxy) is 1. The predicted molar refractivity (Wildman–Crippen MR) is 126 cm³/mol.